The van der Waals surface area contributed by atoms with Gasteiger partial charge in [0.15, 0.2) is 0 Å². The molecule has 1 aliphatic heterocycles. The number of nitrogens with zero attached hydrogens (tertiary/aromatic N) is 3. The van der Waals surface area contributed by atoms with Crippen molar-refractivity contribution in [3.8, 4) is 5.75 Å². The number of rotatable bonds is 7. The monoisotopic (exact) mass is 573 g/mol. The molecular weight excluding hydrogens is 537 g/mol. The number of methoxy groups -OCH3 is 1. The topological polar surface area (TPSA) is 51.1 Å². The Morgan fingerprint density at radius 1 is 0.714 bits per heavy atom. The fourth-order valence-corrected chi connectivity index (χ4v) is 9.81. The zero-order valence-electron chi connectivity index (χ0n) is 24.0. The van der Waals surface area contributed by atoms with E-state index < -0.39 is 7.94 Å². The number of fused-ring (bicyclic) bond motifs is 3. The highest BCUT2D eigenvalue weighted by molar-refractivity contribution is 7.63. The average molecular weight is 574 g/mol. The highest BCUT2D eigenvalue weighted by atomic mass is 31.2. The maximum absolute atomic E-state index is 15.7. The molecule has 42 heavy (non-hydrogen) atoms. The van der Waals surface area contributed by atoms with Crippen LogP contribution in [-0.4, -0.2) is 34.7 Å². The lowest BCUT2D eigenvalue weighted by molar-refractivity contribution is -0.192. The molecular formula is C36H36N3O2P. The van der Waals surface area contributed by atoms with Gasteiger partial charge in [-0.2, -0.15) is 0 Å². The quantitative estimate of drug-likeness (QED) is 0.147. The predicted octanol–water partition coefficient (Wildman–Crippen LogP) is 7.79. The molecule has 1 saturated heterocycles. The van der Waals surface area contributed by atoms with Crippen molar-refractivity contribution in [1.82, 2.24) is 9.34 Å². The summed E-state index contributed by atoms with van der Waals surface area (Å²) in [5.41, 5.74) is 3.22. The third-order valence-electron chi connectivity index (χ3n) is 9.04. The van der Waals surface area contributed by atoms with Crippen molar-refractivity contribution >= 4 is 35.7 Å². The number of hydrogen-bond acceptors (Lipinski definition) is 5. The lowest BCUT2D eigenvalue weighted by Gasteiger charge is -2.36. The van der Waals surface area contributed by atoms with Crippen LogP contribution < -0.4 is 9.63 Å². The largest absolute Gasteiger partial charge is 0.630 e. The van der Waals surface area contributed by atoms with Gasteiger partial charge in [0.1, 0.15) is 5.75 Å². The molecule has 2 fully saturated rings. The van der Waals surface area contributed by atoms with Crippen LogP contribution >= 0.6 is 7.94 Å². The molecule has 0 aromatic heterocycles. The summed E-state index contributed by atoms with van der Waals surface area (Å²) < 4.78 is 15.2. The summed E-state index contributed by atoms with van der Waals surface area (Å²) in [6, 6.07) is 38.0. The van der Waals surface area contributed by atoms with Gasteiger partial charge in [-0.3, -0.25) is 0 Å². The van der Waals surface area contributed by atoms with Gasteiger partial charge < -0.3 is 9.63 Å². The van der Waals surface area contributed by atoms with Crippen LogP contribution in [-0.2, 0) is 13.1 Å². The third-order valence-corrected chi connectivity index (χ3v) is 11.7. The molecule has 6 heteroatoms. The van der Waals surface area contributed by atoms with Gasteiger partial charge in [-0.1, -0.05) is 110 Å². The van der Waals surface area contributed by atoms with E-state index in [1.807, 2.05) is 24.3 Å². The highest BCUT2D eigenvalue weighted by Crippen LogP contribution is 2.69. The Balaban J connectivity index is 1.36. The first-order chi connectivity index (χ1) is 20.7. The molecule has 5 aromatic rings. The second kappa shape index (κ2) is 11.6. The van der Waals surface area contributed by atoms with Crippen LogP contribution in [0.1, 0.15) is 42.4 Å². The van der Waals surface area contributed by atoms with E-state index in [2.05, 4.69) is 94.3 Å². The zero-order valence-corrected chi connectivity index (χ0v) is 24.9. The fraction of sp³-hybridized carbons (Fsp3) is 0.250. The maximum atomic E-state index is 15.7. The summed E-state index contributed by atoms with van der Waals surface area (Å²) in [6.45, 7) is 1.18. The van der Waals surface area contributed by atoms with E-state index in [4.69, 9.17) is 9.50 Å². The van der Waals surface area contributed by atoms with Gasteiger partial charge in [0, 0.05) is 5.56 Å². The van der Waals surface area contributed by atoms with Crippen LogP contribution in [0.2, 0.25) is 0 Å². The summed E-state index contributed by atoms with van der Waals surface area (Å²) in [4.78, 5) is 15.7. The first-order valence-corrected chi connectivity index (χ1v) is 16.5. The Morgan fingerprint density at radius 2 is 1.21 bits per heavy atom. The Hall–Kier alpha value is -3.60. The van der Waals surface area contributed by atoms with Crippen molar-refractivity contribution in [3.63, 3.8) is 0 Å². The molecule has 1 saturated carbocycles. The Bertz CT molecular complexity index is 1650. The minimum atomic E-state index is -3.40. The van der Waals surface area contributed by atoms with Crippen LogP contribution in [0.15, 0.2) is 114 Å². The zero-order chi connectivity index (χ0) is 28.5. The predicted molar refractivity (Wildman–Crippen MR) is 173 cm³/mol. The lowest BCUT2D eigenvalue weighted by Crippen LogP contribution is -2.39. The van der Waals surface area contributed by atoms with Crippen molar-refractivity contribution in [2.45, 2.75) is 50.9 Å². The normalized spacial score (nSPS) is 20.8. The molecule has 0 bridgehead atoms. The molecule has 212 valence electrons. The van der Waals surface area contributed by atoms with E-state index in [-0.39, 0.29) is 12.1 Å². The van der Waals surface area contributed by atoms with E-state index in [9.17, 15) is 0 Å². The lowest BCUT2D eigenvalue weighted by atomic mass is 9.89. The Labute approximate surface area is 248 Å². The molecule has 7 rings (SSSR count). The van der Waals surface area contributed by atoms with Gasteiger partial charge in [-0.15, -0.1) is 14.1 Å². The van der Waals surface area contributed by atoms with Crippen molar-refractivity contribution in [3.05, 3.63) is 126 Å². The number of ether oxygens (including phenoxy) is 1. The SMILES string of the molecule is COc1ccccc1/C=N/[P+]1([O-])N(Cc2cccc3ccccc23)[C@@H]2CCCC[C@H]2N1Cc1cccc2ccccc12. The molecule has 0 unspecified atom stereocenters. The van der Waals surface area contributed by atoms with E-state index in [1.54, 1.807) is 13.3 Å². The first-order valence-electron chi connectivity index (χ1n) is 14.9. The average Bonchev–Trinajstić information content (AvgIpc) is 3.27. The van der Waals surface area contributed by atoms with E-state index >= 15 is 4.89 Å². The van der Waals surface area contributed by atoms with Crippen molar-refractivity contribution in [1.29, 1.82) is 0 Å². The molecule has 2 atom stereocenters. The van der Waals surface area contributed by atoms with Crippen LogP contribution in [0.25, 0.3) is 21.5 Å². The number of benzene rings is 5. The van der Waals surface area contributed by atoms with E-state index in [0.717, 1.165) is 37.0 Å². The van der Waals surface area contributed by atoms with Crippen LogP contribution in [0.3, 0.4) is 0 Å². The molecule has 0 amide bonds. The first kappa shape index (κ1) is 27.2. The van der Waals surface area contributed by atoms with Crippen LogP contribution in [0.5, 0.6) is 5.75 Å². The smallest absolute Gasteiger partial charge is 0.238 e. The molecule has 5 aromatic carbocycles. The van der Waals surface area contributed by atoms with Crippen molar-refractivity contribution in [2.24, 2.45) is 4.76 Å². The molecule has 1 heterocycles. The van der Waals surface area contributed by atoms with Gasteiger partial charge in [-0.25, -0.2) is 0 Å². The summed E-state index contributed by atoms with van der Waals surface area (Å²) in [5, 5.41) is 4.82. The molecule has 5 nitrogen and oxygen atoms in total. The van der Waals surface area contributed by atoms with E-state index in [0.29, 0.717) is 13.1 Å². The van der Waals surface area contributed by atoms with Crippen LogP contribution in [0, 0.1) is 0 Å². The number of para-hydroxylation sites is 1. The Morgan fingerprint density at radius 3 is 1.79 bits per heavy atom. The highest BCUT2D eigenvalue weighted by Gasteiger charge is 2.59. The minimum Gasteiger partial charge on any atom is -0.630 e. The van der Waals surface area contributed by atoms with E-state index in [1.165, 1.54) is 32.7 Å². The van der Waals surface area contributed by atoms with Gasteiger partial charge in [0.25, 0.3) is 0 Å². The van der Waals surface area contributed by atoms with Gasteiger partial charge in [-0.05, 0) is 57.6 Å². The van der Waals surface area contributed by atoms with Gasteiger partial charge >= 0.3 is 0 Å². The summed E-state index contributed by atoms with van der Waals surface area (Å²) in [7, 11) is -1.73. The second-order valence-corrected chi connectivity index (χ2v) is 13.7. The van der Waals surface area contributed by atoms with Crippen LogP contribution in [0.4, 0.5) is 0 Å². The fourth-order valence-electron chi connectivity index (χ4n) is 6.99. The summed E-state index contributed by atoms with van der Waals surface area (Å²) >= 11 is 0. The van der Waals surface area contributed by atoms with Crippen molar-refractivity contribution < 1.29 is 9.63 Å². The maximum Gasteiger partial charge on any atom is 0.238 e. The Kier molecular flexibility index (Phi) is 7.52. The number of hydrogen-bond donors (Lipinski definition) is 0. The molecule has 0 N–H and O–H groups in total. The molecule has 2 aliphatic rings. The second-order valence-electron chi connectivity index (χ2n) is 11.4. The summed E-state index contributed by atoms with van der Waals surface area (Å²) in [6.07, 6.45) is 6.12. The minimum absolute atomic E-state index is 0.174. The standard InChI is InChI=1S/C36H36N3O2P/c1-41-36-23-9-4-14-29(36)24-37-42(40)38(25-30-17-10-15-27-12-2-5-19-32(27)30)34-21-7-8-22-35(34)39(42)26-31-18-11-16-28-13-3-6-20-33(28)31/h2-6,9-20,23-24,34-35H,7-8,21-22,25-26H2,1H3/b37-24+/t34-,35-/m1/s1. The molecule has 1 aliphatic carbocycles. The molecule has 0 spiro atoms. The molecule has 0 radical (unpaired) electrons. The third kappa shape index (κ3) is 4.91. The van der Waals surface area contributed by atoms with Gasteiger partial charge in [0.05, 0.1) is 38.5 Å². The van der Waals surface area contributed by atoms with Gasteiger partial charge in [0.2, 0.25) is 7.94 Å². The summed E-state index contributed by atoms with van der Waals surface area (Å²) in [5.74, 6) is 0.727. The van der Waals surface area contributed by atoms with Crippen molar-refractivity contribution in [2.75, 3.05) is 7.11 Å².